The minimum Gasteiger partial charge on any atom is -0.206 e. The molecule has 0 aliphatic heterocycles. The van der Waals surface area contributed by atoms with Gasteiger partial charge in [0.2, 0.25) is 11.6 Å². The normalized spacial score (nSPS) is 10.9. The Balaban J connectivity index is 1.63. The summed E-state index contributed by atoms with van der Waals surface area (Å²) in [4.78, 5) is 0. The molecule has 0 bridgehead atoms. The van der Waals surface area contributed by atoms with Gasteiger partial charge in [-0.05, 0) is 41.5 Å². The van der Waals surface area contributed by atoms with Crippen LogP contribution in [0.4, 0.5) is 8.78 Å². The molecule has 0 radical (unpaired) electrons. The summed E-state index contributed by atoms with van der Waals surface area (Å²) in [6, 6.07) is 16.0. The quantitative estimate of drug-likeness (QED) is 0.421. The zero-order valence-electron chi connectivity index (χ0n) is 14.1. The zero-order valence-corrected chi connectivity index (χ0v) is 15.6. The van der Waals surface area contributed by atoms with E-state index in [2.05, 4.69) is 20.4 Å². The van der Waals surface area contributed by atoms with Crippen molar-refractivity contribution in [1.82, 2.24) is 20.4 Å². The van der Waals surface area contributed by atoms with Gasteiger partial charge < -0.3 is 0 Å². The van der Waals surface area contributed by atoms with Crippen LogP contribution in [0, 0.1) is 11.6 Å². The highest BCUT2D eigenvalue weighted by molar-refractivity contribution is 6.35. The average Bonchev–Trinajstić information content (AvgIpc) is 2.68. The maximum Gasteiger partial charge on any atom is 0.209 e. The molecule has 0 amide bonds. The fourth-order valence-electron chi connectivity index (χ4n) is 2.69. The van der Waals surface area contributed by atoms with Gasteiger partial charge in [0.1, 0.15) is 11.6 Å². The van der Waals surface area contributed by atoms with Crippen molar-refractivity contribution >= 4 is 23.2 Å². The number of benzene rings is 3. The van der Waals surface area contributed by atoms with Crippen LogP contribution in [-0.2, 0) is 0 Å². The van der Waals surface area contributed by atoms with Crippen LogP contribution >= 0.6 is 23.2 Å². The van der Waals surface area contributed by atoms with E-state index < -0.39 is 11.6 Å². The maximum atomic E-state index is 13.8. The lowest BCUT2D eigenvalue weighted by molar-refractivity contribution is 0.585. The molecule has 4 rings (SSSR count). The molecule has 0 unspecified atom stereocenters. The third-order valence-corrected chi connectivity index (χ3v) is 4.44. The van der Waals surface area contributed by atoms with Gasteiger partial charge in [0, 0.05) is 15.6 Å². The Labute approximate surface area is 168 Å². The summed E-state index contributed by atoms with van der Waals surface area (Å²) in [5, 5.41) is 16.6. The molecule has 3 aromatic carbocycles. The first-order valence-electron chi connectivity index (χ1n) is 8.10. The number of hydrogen-bond acceptors (Lipinski definition) is 4. The van der Waals surface area contributed by atoms with Crippen LogP contribution in [0.3, 0.4) is 0 Å². The monoisotopic (exact) mass is 414 g/mol. The van der Waals surface area contributed by atoms with Crippen molar-refractivity contribution in [2.45, 2.75) is 0 Å². The smallest absolute Gasteiger partial charge is 0.206 e. The van der Waals surface area contributed by atoms with Crippen LogP contribution in [0.5, 0.6) is 0 Å². The van der Waals surface area contributed by atoms with E-state index in [9.17, 15) is 8.78 Å². The van der Waals surface area contributed by atoms with Crippen LogP contribution < -0.4 is 0 Å². The largest absolute Gasteiger partial charge is 0.209 e. The number of halogens is 4. The van der Waals surface area contributed by atoms with Crippen molar-refractivity contribution in [2.75, 3.05) is 0 Å². The van der Waals surface area contributed by atoms with E-state index in [1.54, 1.807) is 30.3 Å². The van der Waals surface area contributed by atoms with Gasteiger partial charge in [-0.1, -0.05) is 53.5 Å². The topological polar surface area (TPSA) is 51.6 Å². The van der Waals surface area contributed by atoms with Crippen LogP contribution in [0.1, 0.15) is 0 Å². The van der Waals surface area contributed by atoms with Crippen LogP contribution in [0.25, 0.3) is 33.9 Å². The Bertz CT molecular complexity index is 1110. The molecule has 138 valence electrons. The second kappa shape index (κ2) is 7.58. The Morgan fingerprint density at radius 2 is 1.07 bits per heavy atom. The number of nitrogens with zero attached hydrogens (tertiary/aromatic N) is 4. The fraction of sp³-hybridized carbons (Fsp3) is 0. The van der Waals surface area contributed by atoms with Crippen LogP contribution in [0.15, 0.2) is 60.7 Å². The van der Waals surface area contributed by atoms with Gasteiger partial charge in [-0.15, -0.1) is 20.4 Å². The highest BCUT2D eigenvalue weighted by Crippen LogP contribution is 2.29. The molecule has 4 nitrogen and oxygen atoms in total. The highest BCUT2D eigenvalue weighted by Gasteiger charge is 2.15. The van der Waals surface area contributed by atoms with Gasteiger partial charge in [0.25, 0.3) is 0 Å². The second-order valence-electron chi connectivity index (χ2n) is 5.88. The third-order valence-electron chi connectivity index (χ3n) is 4.00. The standard InChI is InChI=1S/C20H10Cl2F2N4/c21-14-8-13(9-15(22)10-14)11-4-6-12(7-5-11)19-25-27-20(28-26-19)18-16(23)2-1-3-17(18)24/h1-10H. The van der Waals surface area contributed by atoms with E-state index >= 15 is 0 Å². The fourth-order valence-corrected chi connectivity index (χ4v) is 3.21. The summed E-state index contributed by atoms with van der Waals surface area (Å²) in [6.07, 6.45) is 0. The Morgan fingerprint density at radius 3 is 1.64 bits per heavy atom. The predicted octanol–water partition coefficient (Wildman–Crippen LogP) is 5.85. The van der Waals surface area contributed by atoms with Crippen molar-refractivity contribution in [1.29, 1.82) is 0 Å². The van der Waals surface area contributed by atoms with Crippen molar-refractivity contribution in [3.8, 4) is 33.9 Å². The molecule has 0 spiro atoms. The first-order chi connectivity index (χ1) is 13.5. The van der Waals surface area contributed by atoms with E-state index in [1.807, 2.05) is 12.1 Å². The van der Waals surface area contributed by atoms with E-state index in [0.29, 0.717) is 15.6 Å². The molecular weight excluding hydrogens is 405 g/mol. The molecule has 0 atom stereocenters. The minimum absolute atomic E-state index is 0.218. The number of hydrogen-bond donors (Lipinski definition) is 0. The maximum absolute atomic E-state index is 13.8. The number of rotatable bonds is 3. The van der Waals surface area contributed by atoms with Crippen molar-refractivity contribution in [3.05, 3.63) is 82.3 Å². The molecule has 1 heterocycles. The summed E-state index contributed by atoms with van der Waals surface area (Å²) < 4.78 is 27.7. The van der Waals surface area contributed by atoms with Gasteiger partial charge in [-0.2, -0.15) is 0 Å². The minimum atomic E-state index is -0.777. The molecule has 0 N–H and O–H groups in total. The summed E-state index contributed by atoms with van der Waals surface area (Å²) in [5.74, 6) is -1.54. The van der Waals surface area contributed by atoms with Gasteiger partial charge in [0.15, 0.2) is 0 Å². The molecule has 4 aromatic rings. The van der Waals surface area contributed by atoms with Crippen LogP contribution in [-0.4, -0.2) is 20.4 Å². The van der Waals surface area contributed by atoms with Crippen molar-refractivity contribution in [3.63, 3.8) is 0 Å². The van der Waals surface area contributed by atoms with Gasteiger partial charge in [-0.3, -0.25) is 0 Å². The van der Waals surface area contributed by atoms with Crippen LogP contribution in [0.2, 0.25) is 10.0 Å². The molecule has 0 aliphatic carbocycles. The summed E-state index contributed by atoms with van der Waals surface area (Å²) >= 11 is 12.1. The third kappa shape index (κ3) is 3.69. The second-order valence-corrected chi connectivity index (χ2v) is 6.75. The van der Waals surface area contributed by atoms with Gasteiger partial charge in [-0.25, -0.2) is 8.78 Å². The van der Waals surface area contributed by atoms with E-state index in [0.717, 1.165) is 23.3 Å². The first kappa shape index (κ1) is 18.4. The average molecular weight is 415 g/mol. The summed E-state index contributed by atoms with van der Waals surface area (Å²) in [7, 11) is 0. The zero-order chi connectivity index (χ0) is 19.7. The molecular formula is C20H10Cl2F2N4. The van der Waals surface area contributed by atoms with Gasteiger partial charge >= 0.3 is 0 Å². The Kier molecular flexibility index (Phi) is 4.98. The van der Waals surface area contributed by atoms with Crippen molar-refractivity contribution in [2.24, 2.45) is 0 Å². The van der Waals surface area contributed by atoms with Gasteiger partial charge in [0.05, 0.1) is 5.56 Å². The summed E-state index contributed by atoms with van der Waals surface area (Å²) in [6.45, 7) is 0. The van der Waals surface area contributed by atoms with Crippen molar-refractivity contribution < 1.29 is 8.78 Å². The SMILES string of the molecule is Fc1cccc(F)c1-c1nnc(-c2ccc(-c3cc(Cl)cc(Cl)c3)cc2)nn1. The summed E-state index contributed by atoms with van der Waals surface area (Å²) in [5.41, 5.74) is 2.06. The molecule has 0 fully saturated rings. The highest BCUT2D eigenvalue weighted by atomic mass is 35.5. The lowest BCUT2D eigenvalue weighted by Gasteiger charge is -2.06. The predicted molar refractivity (Wildman–Crippen MR) is 104 cm³/mol. The number of aromatic nitrogens is 4. The lowest BCUT2D eigenvalue weighted by atomic mass is 10.0. The van der Waals surface area contributed by atoms with E-state index in [1.165, 1.54) is 6.07 Å². The van der Waals surface area contributed by atoms with E-state index in [4.69, 9.17) is 23.2 Å². The molecule has 28 heavy (non-hydrogen) atoms. The molecule has 1 aromatic heterocycles. The molecule has 0 aliphatic rings. The van der Waals surface area contributed by atoms with E-state index in [-0.39, 0.29) is 17.2 Å². The first-order valence-corrected chi connectivity index (χ1v) is 8.85. The Morgan fingerprint density at radius 1 is 0.571 bits per heavy atom. The molecule has 8 heteroatoms. The molecule has 0 saturated heterocycles. The Hall–Kier alpha value is -2.96. The lowest BCUT2D eigenvalue weighted by Crippen LogP contribution is -2.02. The molecule has 0 saturated carbocycles.